The van der Waals surface area contributed by atoms with E-state index in [4.69, 9.17) is 4.74 Å². The molecular weight excluding hydrogens is 340 g/mol. The Morgan fingerprint density at radius 1 is 1.26 bits per heavy atom. The van der Waals surface area contributed by atoms with Gasteiger partial charge in [-0.05, 0) is 37.5 Å². The van der Waals surface area contributed by atoms with E-state index in [0.717, 1.165) is 23.9 Å². The standard InChI is InChI=1S/C21H34N4O2/c1-24-14-18(13-23-24)21-17(11-20(26)25(21)8-9-27-2)12-22-19-5-3-4-16(10-19)15-6-7-15/h13-17,19,21-22H,3-12H2,1-2H3/t16?,17-,19?,21+/m0/s1. The first-order valence-corrected chi connectivity index (χ1v) is 10.7. The quantitative estimate of drug-likeness (QED) is 0.760. The molecule has 2 saturated carbocycles. The van der Waals surface area contributed by atoms with Gasteiger partial charge in [-0.3, -0.25) is 9.48 Å². The van der Waals surface area contributed by atoms with Gasteiger partial charge in [0, 0.05) is 57.4 Å². The molecule has 1 aromatic rings. The maximum absolute atomic E-state index is 12.7. The van der Waals surface area contributed by atoms with Crippen molar-refractivity contribution in [3.05, 3.63) is 18.0 Å². The number of nitrogens with zero attached hydrogens (tertiary/aromatic N) is 3. The van der Waals surface area contributed by atoms with Crippen molar-refractivity contribution in [2.24, 2.45) is 24.8 Å². The second kappa shape index (κ2) is 8.31. The fourth-order valence-electron chi connectivity index (χ4n) is 5.27. The molecule has 2 unspecified atom stereocenters. The van der Waals surface area contributed by atoms with Crippen LogP contribution in [-0.4, -0.2) is 53.4 Å². The van der Waals surface area contributed by atoms with E-state index in [1.165, 1.54) is 38.5 Å². The summed E-state index contributed by atoms with van der Waals surface area (Å²) in [5.74, 6) is 2.50. The van der Waals surface area contributed by atoms with Gasteiger partial charge in [0.25, 0.3) is 0 Å². The van der Waals surface area contributed by atoms with E-state index in [9.17, 15) is 4.79 Å². The number of nitrogens with one attached hydrogen (secondary N) is 1. The number of aromatic nitrogens is 2. The van der Waals surface area contributed by atoms with Gasteiger partial charge >= 0.3 is 0 Å². The number of ether oxygens (including phenoxy) is 1. The van der Waals surface area contributed by atoms with Crippen LogP contribution in [0.5, 0.6) is 0 Å². The Morgan fingerprint density at radius 3 is 2.81 bits per heavy atom. The molecule has 1 N–H and O–H groups in total. The lowest BCUT2D eigenvalue weighted by Crippen LogP contribution is -2.39. The summed E-state index contributed by atoms with van der Waals surface area (Å²) in [6.45, 7) is 2.14. The highest BCUT2D eigenvalue weighted by molar-refractivity contribution is 5.79. The van der Waals surface area contributed by atoms with E-state index in [1.54, 1.807) is 7.11 Å². The van der Waals surface area contributed by atoms with Gasteiger partial charge in [-0.15, -0.1) is 0 Å². The van der Waals surface area contributed by atoms with Crippen molar-refractivity contribution >= 4 is 5.91 Å². The molecule has 0 spiro atoms. The molecule has 1 amide bonds. The zero-order valence-electron chi connectivity index (χ0n) is 16.8. The van der Waals surface area contributed by atoms with Crippen LogP contribution in [0.15, 0.2) is 12.4 Å². The van der Waals surface area contributed by atoms with E-state index in [1.807, 2.05) is 22.8 Å². The number of amides is 1. The fourth-order valence-corrected chi connectivity index (χ4v) is 5.27. The zero-order chi connectivity index (χ0) is 18.8. The molecule has 4 atom stereocenters. The Kier molecular flexibility index (Phi) is 5.83. The minimum atomic E-state index is 0.108. The third kappa shape index (κ3) is 4.37. The van der Waals surface area contributed by atoms with Crippen LogP contribution >= 0.6 is 0 Å². The molecule has 0 radical (unpaired) electrons. The Labute approximate surface area is 162 Å². The number of rotatable bonds is 8. The maximum atomic E-state index is 12.7. The SMILES string of the molecule is COCCN1C(=O)C[C@@H](CNC2CCCC(C3CC3)C2)[C@@H]1c1cnn(C)c1. The van der Waals surface area contributed by atoms with E-state index in [2.05, 4.69) is 16.6 Å². The van der Waals surface area contributed by atoms with E-state index >= 15 is 0 Å². The summed E-state index contributed by atoms with van der Waals surface area (Å²) in [4.78, 5) is 14.7. The van der Waals surface area contributed by atoms with Crippen LogP contribution < -0.4 is 5.32 Å². The number of hydrogen-bond acceptors (Lipinski definition) is 4. The normalized spacial score (nSPS) is 31.6. The van der Waals surface area contributed by atoms with Gasteiger partial charge in [0.1, 0.15) is 0 Å². The summed E-state index contributed by atoms with van der Waals surface area (Å²) in [7, 11) is 3.63. The highest BCUT2D eigenvalue weighted by atomic mass is 16.5. The lowest BCUT2D eigenvalue weighted by Gasteiger charge is -2.32. The van der Waals surface area contributed by atoms with Crippen LogP contribution in [0.4, 0.5) is 0 Å². The summed E-state index contributed by atoms with van der Waals surface area (Å²) >= 11 is 0. The third-order valence-corrected chi connectivity index (χ3v) is 6.81. The highest BCUT2D eigenvalue weighted by Gasteiger charge is 2.41. The Balaban J connectivity index is 1.41. The number of methoxy groups -OCH3 is 1. The molecule has 1 saturated heterocycles. The average Bonchev–Trinajstić information content (AvgIpc) is 3.36. The van der Waals surface area contributed by atoms with E-state index in [0.29, 0.717) is 31.5 Å². The number of carbonyl (C=O) groups is 1. The third-order valence-electron chi connectivity index (χ3n) is 6.81. The molecule has 0 bridgehead atoms. The lowest BCUT2D eigenvalue weighted by atomic mass is 9.82. The monoisotopic (exact) mass is 374 g/mol. The summed E-state index contributed by atoms with van der Waals surface area (Å²) < 4.78 is 7.07. The van der Waals surface area contributed by atoms with Crippen molar-refractivity contribution in [2.45, 2.75) is 57.0 Å². The van der Waals surface area contributed by atoms with Gasteiger partial charge in [0.05, 0.1) is 18.8 Å². The van der Waals surface area contributed by atoms with E-state index < -0.39 is 0 Å². The molecule has 6 heteroatoms. The first-order chi connectivity index (χ1) is 13.2. The molecule has 2 aliphatic carbocycles. The average molecular weight is 375 g/mol. The van der Waals surface area contributed by atoms with Crippen molar-refractivity contribution in [3.8, 4) is 0 Å². The largest absolute Gasteiger partial charge is 0.383 e. The second-order valence-corrected chi connectivity index (χ2v) is 8.81. The first-order valence-electron chi connectivity index (χ1n) is 10.7. The zero-order valence-corrected chi connectivity index (χ0v) is 16.8. The molecule has 1 aliphatic heterocycles. The molecule has 3 aliphatic rings. The maximum Gasteiger partial charge on any atom is 0.223 e. The second-order valence-electron chi connectivity index (χ2n) is 8.81. The van der Waals surface area contributed by atoms with Gasteiger partial charge in [-0.2, -0.15) is 5.10 Å². The summed E-state index contributed by atoms with van der Waals surface area (Å²) in [6, 6.07) is 0.735. The molecular formula is C21H34N4O2. The number of aryl methyl sites for hydroxylation is 1. The predicted molar refractivity (Wildman–Crippen MR) is 104 cm³/mol. The molecule has 1 aromatic heterocycles. The number of likely N-dealkylation sites (tertiary alicyclic amines) is 1. The van der Waals surface area contributed by atoms with Crippen molar-refractivity contribution in [1.82, 2.24) is 20.0 Å². The Morgan fingerprint density at radius 2 is 2.11 bits per heavy atom. The van der Waals surface area contributed by atoms with Gasteiger partial charge in [0.15, 0.2) is 0 Å². The minimum absolute atomic E-state index is 0.108. The molecule has 27 heavy (non-hydrogen) atoms. The van der Waals surface area contributed by atoms with Crippen molar-refractivity contribution < 1.29 is 9.53 Å². The molecule has 0 aromatic carbocycles. The smallest absolute Gasteiger partial charge is 0.223 e. The van der Waals surface area contributed by atoms with Gasteiger partial charge in [-0.25, -0.2) is 0 Å². The van der Waals surface area contributed by atoms with Gasteiger partial charge in [0.2, 0.25) is 5.91 Å². The lowest BCUT2D eigenvalue weighted by molar-refractivity contribution is -0.129. The minimum Gasteiger partial charge on any atom is -0.383 e. The van der Waals surface area contributed by atoms with Crippen LogP contribution in [-0.2, 0) is 16.6 Å². The topological polar surface area (TPSA) is 59.4 Å². The Bertz CT molecular complexity index is 642. The predicted octanol–water partition coefficient (Wildman–Crippen LogP) is 2.51. The van der Waals surface area contributed by atoms with Crippen LogP contribution in [0.2, 0.25) is 0 Å². The van der Waals surface area contributed by atoms with Gasteiger partial charge in [-0.1, -0.05) is 12.8 Å². The van der Waals surface area contributed by atoms with Gasteiger partial charge < -0.3 is 15.0 Å². The van der Waals surface area contributed by atoms with Crippen LogP contribution in [0.3, 0.4) is 0 Å². The summed E-state index contributed by atoms with van der Waals surface area (Å²) in [5.41, 5.74) is 1.14. The van der Waals surface area contributed by atoms with Crippen LogP contribution in [0, 0.1) is 17.8 Å². The Hall–Kier alpha value is -1.40. The fraction of sp³-hybridized carbons (Fsp3) is 0.810. The van der Waals surface area contributed by atoms with Crippen molar-refractivity contribution in [3.63, 3.8) is 0 Å². The molecule has 150 valence electrons. The highest BCUT2D eigenvalue weighted by Crippen LogP contribution is 2.44. The van der Waals surface area contributed by atoms with Crippen molar-refractivity contribution in [2.75, 3.05) is 26.8 Å². The molecule has 4 rings (SSSR count). The first kappa shape index (κ1) is 18.9. The molecule has 3 fully saturated rings. The number of carbonyl (C=O) groups excluding carboxylic acids is 1. The van der Waals surface area contributed by atoms with Crippen molar-refractivity contribution in [1.29, 1.82) is 0 Å². The molecule has 2 heterocycles. The van der Waals surface area contributed by atoms with Crippen LogP contribution in [0.25, 0.3) is 0 Å². The number of hydrogen-bond donors (Lipinski definition) is 1. The van der Waals surface area contributed by atoms with Crippen LogP contribution in [0.1, 0.15) is 56.6 Å². The molecule has 6 nitrogen and oxygen atoms in total. The summed E-state index contributed by atoms with van der Waals surface area (Å²) in [6.07, 6.45) is 12.9. The summed E-state index contributed by atoms with van der Waals surface area (Å²) in [5, 5.41) is 8.19. The van der Waals surface area contributed by atoms with E-state index in [-0.39, 0.29) is 11.9 Å².